The fraction of sp³-hybridized carbons (Fsp3) is 0.211. The van der Waals surface area contributed by atoms with Crippen LogP contribution in [0.3, 0.4) is 0 Å². The normalized spacial score (nSPS) is 11.9. The zero-order valence-electron chi connectivity index (χ0n) is 25.3. The number of furan rings is 1. The number of pyridine rings is 1. The van der Waals surface area contributed by atoms with Crippen LogP contribution in [0.25, 0.3) is 44.3 Å². The smallest absolute Gasteiger partial charge is 0.216 e. The van der Waals surface area contributed by atoms with Crippen molar-refractivity contribution in [2.45, 2.75) is 40.3 Å². The third kappa shape index (κ3) is 4.74. The molecule has 42 heavy (non-hydrogen) atoms. The van der Waals surface area contributed by atoms with E-state index in [-0.39, 0.29) is 0 Å². The van der Waals surface area contributed by atoms with Crippen molar-refractivity contribution >= 4 is 40.4 Å². The van der Waals surface area contributed by atoms with Gasteiger partial charge in [0, 0.05) is 28.5 Å². The molecule has 0 saturated carbocycles. The molecule has 0 bridgehead atoms. The highest BCUT2D eigenvalue weighted by Crippen LogP contribution is 2.42. The van der Waals surface area contributed by atoms with Gasteiger partial charge in [-0.05, 0) is 48.1 Å². The molecule has 0 saturated heterocycles. The van der Waals surface area contributed by atoms with E-state index in [9.17, 15) is 5.26 Å². The first kappa shape index (κ1) is 27.7. The van der Waals surface area contributed by atoms with Gasteiger partial charge in [0.05, 0.1) is 17.2 Å². The van der Waals surface area contributed by atoms with Crippen molar-refractivity contribution in [3.05, 3.63) is 114 Å². The maximum atomic E-state index is 10.2. The lowest BCUT2D eigenvalue weighted by molar-refractivity contribution is -0.660. The standard InChI is InChI=1S/C38H37N2OSi/c1-25(2)22-27-20-21-40(4)34(23-27)35-26(3)12-18-32-33-19-15-29(24-39)36(38(33)41-37(32)35)28-13-16-31(17-14-28)42(5,6)30-10-8-7-9-11-30/h7-21,23,25H,22H2,1-6H3/q+1. The minimum absolute atomic E-state index is 0.577. The van der Waals surface area contributed by atoms with Gasteiger partial charge in [-0.3, -0.25) is 0 Å². The van der Waals surface area contributed by atoms with E-state index in [1.807, 2.05) is 12.1 Å². The largest absolute Gasteiger partial charge is 0.454 e. The minimum atomic E-state index is -1.84. The van der Waals surface area contributed by atoms with Crippen LogP contribution in [-0.2, 0) is 13.5 Å². The number of fused-ring (bicyclic) bond motifs is 3. The molecule has 0 atom stereocenters. The first-order valence-corrected chi connectivity index (χ1v) is 17.7. The molecule has 0 aliphatic carbocycles. The molecular formula is C38H37N2OSi+. The van der Waals surface area contributed by atoms with Gasteiger partial charge in [-0.2, -0.15) is 5.26 Å². The van der Waals surface area contributed by atoms with E-state index in [0.29, 0.717) is 11.5 Å². The Morgan fingerprint density at radius 2 is 1.45 bits per heavy atom. The molecule has 208 valence electrons. The second-order valence-electron chi connectivity index (χ2n) is 12.4. The van der Waals surface area contributed by atoms with Gasteiger partial charge >= 0.3 is 0 Å². The molecule has 0 aliphatic rings. The van der Waals surface area contributed by atoms with Crippen LogP contribution in [0, 0.1) is 24.2 Å². The summed E-state index contributed by atoms with van der Waals surface area (Å²) in [5.41, 5.74) is 8.84. The third-order valence-electron chi connectivity index (χ3n) is 8.64. The molecule has 3 nitrogen and oxygen atoms in total. The van der Waals surface area contributed by atoms with Crippen LogP contribution in [0.5, 0.6) is 0 Å². The van der Waals surface area contributed by atoms with Crippen molar-refractivity contribution in [3.63, 3.8) is 0 Å². The van der Waals surface area contributed by atoms with Gasteiger partial charge in [-0.15, -0.1) is 0 Å². The van der Waals surface area contributed by atoms with E-state index < -0.39 is 8.07 Å². The third-order valence-corrected chi connectivity index (χ3v) is 12.2. The Labute approximate surface area is 249 Å². The van der Waals surface area contributed by atoms with Gasteiger partial charge < -0.3 is 4.42 Å². The summed E-state index contributed by atoms with van der Waals surface area (Å²) in [4.78, 5) is 0. The number of hydrogen-bond donors (Lipinski definition) is 0. The summed E-state index contributed by atoms with van der Waals surface area (Å²) in [5, 5.41) is 15.0. The van der Waals surface area contributed by atoms with Gasteiger partial charge in [0.2, 0.25) is 5.69 Å². The van der Waals surface area contributed by atoms with Crippen molar-refractivity contribution in [2.75, 3.05) is 0 Å². The van der Waals surface area contributed by atoms with E-state index in [4.69, 9.17) is 4.42 Å². The van der Waals surface area contributed by atoms with Gasteiger partial charge in [0.15, 0.2) is 6.20 Å². The Kier molecular flexibility index (Phi) is 7.08. The molecule has 0 spiro atoms. The Balaban J connectivity index is 1.54. The van der Waals surface area contributed by atoms with E-state index in [2.05, 4.69) is 137 Å². The molecule has 0 unspecified atom stereocenters. The van der Waals surface area contributed by atoms with Crippen molar-refractivity contribution in [1.29, 1.82) is 5.26 Å². The van der Waals surface area contributed by atoms with Gasteiger partial charge in [-0.1, -0.05) is 104 Å². The predicted molar refractivity (Wildman–Crippen MR) is 177 cm³/mol. The second kappa shape index (κ2) is 10.7. The molecule has 0 aliphatic heterocycles. The molecule has 0 fully saturated rings. The highest BCUT2D eigenvalue weighted by molar-refractivity contribution is 7.00. The van der Waals surface area contributed by atoms with Crippen molar-refractivity contribution in [3.8, 4) is 28.5 Å². The van der Waals surface area contributed by atoms with Crippen LogP contribution in [0.2, 0.25) is 13.1 Å². The molecular weight excluding hydrogens is 529 g/mol. The number of hydrogen-bond acceptors (Lipinski definition) is 2. The summed E-state index contributed by atoms with van der Waals surface area (Å²) in [7, 11) is 0.250. The van der Waals surface area contributed by atoms with Crippen molar-refractivity contribution < 1.29 is 8.98 Å². The van der Waals surface area contributed by atoms with Crippen molar-refractivity contribution in [1.82, 2.24) is 0 Å². The number of rotatable bonds is 6. The molecule has 0 radical (unpaired) electrons. The molecule has 6 rings (SSSR count). The lowest BCUT2D eigenvalue weighted by Crippen LogP contribution is -2.52. The Hall–Kier alpha value is -4.46. The first-order valence-electron chi connectivity index (χ1n) is 14.7. The highest BCUT2D eigenvalue weighted by Gasteiger charge is 2.27. The van der Waals surface area contributed by atoms with Crippen LogP contribution in [0.4, 0.5) is 0 Å². The number of benzene rings is 4. The molecule has 0 amide bonds. The molecule has 2 aromatic heterocycles. The average molecular weight is 566 g/mol. The summed E-state index contributed by atoms with van der Waals surface area (Å²) in [6, 6.07) is 34.9. The molecule has 4 aromatic carbocycles. The number of aromatic nitrogens is 1. The summed E-state index contributed by atoms with van der Waals surface area (Å²) in [5.74, 6) is 0.577. The predicted octanol–water partition coefficient (Wildman–Crippen LogP) is 7.95. The Morgan fingerprint density at radius 3 is 2.12 bits per heavy atom. The maximum absolute atomic E-state index is 10.2. The number of nitriles is 1. The van der Waals surface area contributed by atoms with Crippen LogP contribution < -0.4 is 14.9 Å². The molecule has 6 aromatic rings. The quantitative estimate of drug-likeness (QED) is 0.152. The monoisotopic (exact) mass is 565 g/mol. The van der Waals surface area contributed by atoms with E-state index in [0.717, 1.165) is 50.7 Å². The lowest BCUT2D eigenvalue weighted by atomic mass is 9.95. The summed E-state index contributed by atoms with van der Waals surface area (Å²) < 4.78 is 9.01. The van der Waals surface area contributed by atoms with E-state index in [1.54, 1.807) is 0 Å². The molecule has 2 heterocycles. The highest BCUT2D eigenvalue weighted by atomic mass is 28.3. The zero-order chi connectivity index (χ0) is 29.6. The zero-order valence-corrected chi connectivity index (χ0v) is 26.3. The SMILES string of the molecule is Cc1ccc2c(oc3c(-c4ccc([Si](C)(C)c5ccccc5)cc4)c(C#N)ccc32)c1-c1cc(CC(C)C)cc[n+]1C. The fourth-order valence-corrected chi connectivity index (χ4v) is 8.59. The van der Waals surface area contributed by atoms with Crippen molar-refractivity contribution in [2.24, 2.45) is 13.0 Å². The minimum Gasteiger partial charge on any atom is -0.454 e. The second-order valence-corrected chi connectivity index (χ2v) is 16.8. The number of aryl methyl sites for hydroxylation is 2. The van der Waals surface area contributed by atoms with Crippen LogP contribution in [0.1, 0.15) is 30.5 Å². The summed E-state index contributed by atoms with van der Waals surface area (Å²) in [6.07, 6.45) is 3.17. The Bertz CT molecular complexity index is 1980. The average Bonchev–Trinajstić information content (AvgIpc) is 3.36. The van der Waals surface area contributed by atoms with Gasteiger partial charge in [0.25, 0.3) is 0 Å². The van der Waals surface area contributed by atoms with Crippen LogP contribution >= 0.6 is 0 Å². The molecule has 4 heteroatoms. The fourth-order valence-electron chi connectivity index (χ4n) is 6.24. The van der Waals surface area contributed by atoms with Crippen LogP contribution in [-0.4, -0.2) is 8.07 Å². The van der Waals surface area contributed by atoms with Gasteiger partial charge in [0.1, 0.15) is 26.3 Å². The summed E-state index contributed by atoms with van der Waals surface area (Å²) in [6.45, 7) is 11.4. The molecule has 0 N–H and O–H groups in total. The Morgan fingerprint density at radius 1 is 0.810 bits per heavy atom. The summed E-state index contributed by atoms with van der Waals surface area (Å²) >= 11 is 0. The number of nitrogens with zero attached hydrogens (tertiary/aromatic N) is 2. The van der Waals surface area contributed by atoms with E-state index >= 15 is 0 Å². The topological polar surface area (TPSA) is 40.8 Å². The first-order chi connectivity index (χ1) is 20.2. The lowest BCUT2D eigenvalue weighted by Gasteiger charge is -2.24. The van der Waals surface area contributed by atoms with E-state index in [1.165, 1.54) is 21.5 Å². The maximum Gasteiger partial charge on any atom is 0.216 e. The van der Waals surface area contributed by atoms with Crippen LogP contribution in [0.15, 0.2) is 102 Å². The van der Waals surface area contributed by atoms with Gasteiger partial charge in [-0.25, -0.2) is 4.57 Å².